The molecule has 202 valence electrons. The van der Waals surface area contributed by atoms with Crippen molar-refractivity contribution in [1.82, 2.24) is 5.32 Å². The normalized spacial score (nSPS) is 21.1. The van der Waals surface area contributed by atoms with Crippen molar-refractivity contribution in [1.29, 1.82) is 0 Å². The Kier molecular flexibility index (Phi) is 9.05. The summed E-state index contributed by atoms with van der Waals surface area (Å²) in [6.07, 6.45) is 1.85. The van der Waals surface area contributed by atoms with Gasteiger partial charge in [0, 0.05) is 33.3 Å². The number of esters is 2. The number of hydrogen-bond donors (Lipinski definition) is 1. The van der Waals surface area contributed by atoms with Crippen molar-refractivity contribution >= 4 is 29.1 Å². The van der Waals surface area contributed by atoms with Gasteiger partial charge in [0.1, 0.15) is 11.7 Å². The van der Waals surface area contributed by atoms with Gasteiger partial charge in [0.15, 0.2) is 5.78 Å². The minimum absolute atomic E-state index is 0.176. The van der Waals surface area contributed by atoms with Crippen LogP contribution in [0.2, 0.25) is 0 Å². The van der Waals surface area contributed by atoms with Gasteiger partial charge in [0.25, 0.3) is 0 Å². The molecule has 0 amide bonds. The molecule has 0 saturated carbocycles. The van der Waals surface area contributed by atoms with E-state index < -0.39 is 23.8 Å². The molecule has 4 rings (SSSR count). The SMILES string of the molecule is CCCC1=C(C(=O)OCC)[C@H](c2ccccc2OCC)C2=C(C[C@@H](c3cccs3)[C@@H](C(=O)OCC)C2=O)N1. The van der Waals surface area contributed by atoms with Crippen LogP contribution in [0.3, 0.4) is 0 Å². The Hall–Kier alpha value is -3.39. The molecule has 2 aliphatic rings. The quantitative estimate of drug-likeness (QED) is 0.310. The van der Waals surface area contributed by atoms with Crippen molar-refractivity contribution < 1.29 is 28.6 Å². The van der Waals surface area contributed by atoms with Crippen LogP contribution in [0, 0.1) is 5.92 Å². The molecule has 0 saturated heterocycles. The van der Waals surface area contributed by atoms with Gasteiger partial charge in [-0.1, -0.05) is 37.6 Å². The Labute approximate surface area is 227 Å². The summed E-state index contributed by atoms with van der Waals surface area (Å²) < 4.78 is 16.9. The van der Waals surface area contributed by atoms with Crippen LogP contribution in [0.15, 0.2) is 64.3 Å². The number of allylic oxidation sites excluding steroid dienone is 3. The molecule has 38 heavy (non-hydrogen) atoms. The van der Waals surface area contributed by atoms with Gasteiger partial charge in [0.05, 0.1) is 31.3 Å². The first kappa shape index (κ1) is 27.6. The van der Waals surface area contributed by atoms with Crippen LogP contribution in [0.5, 0.6) is 5.75 Å². The Bertz CT molecular complexity index is 1250. The molecule has 0 spiro atoms. The summed E-state index contributed by atoms with van der Waals surface area (Å²) in [5.74, 6) is -2.86. The predicted octanol–water partition coefficient (Wildman–Crippen LogP) is 5.64. The van der Waals surface area contributed by atoms with Crippen LogP contribution in [0.4, 0.5) is 0 Å². The molecule has 7 nitrogen and oxygen atoms in total. The molecule has 1 N–H and O–H groups in total. The van der Waals surface area contributed by atoms with Crippen LogP contribution in [-0.2, 0) is 23.9 Å². The van der Waals surface area contributed by atoms with Gasteiger partial charge in [-0.2, -0.15) is 0 Å². The minimum Gasteiger partial charge on any atom is -0.494 e. The molecule has 1 aliphatic carbocycles. The van der Waals surface area contributed by atoms with Crippen molar-refractivity contribution in [3.8, 4) is 5.75 Å². The first-order valence-corrected chi connectivity index (χ1v) is 14.2. The molecule has 0 bridgehead atoms. The van der Waals surface area contributed by atoms with Gasteiger partial charge >= 0.3 is 11.9 Å². The van der Waals surface area contributed by atoms with Crippen molar-refractivity contribution in [3.05, 3.63) is 74.8 Å². The smallest absolute Gasteiger partial charge is 0.336 e. The number of thiophene rings is 1. The number of carbonyl (C=O) groups excluding carboxylic acids is 3. The fourth-order valence-electron chi connectivity index (χ4n) is 5.43. The van der Waals surface area contributed by atoms with E-state index in [1.807, 2.05) is 55.6 Å². The summed E-state index contributed by atoms with van der Waals surface area (Å²) in [4.78, 5) is 42.1. The van der Waals surface area contributed by atoms with E-state index in [2.05, 4.69) is 5.32 Å². The van der Waals surface area contributed by atoms with Gasteiger partial charge in [-0.05, 0) is 51.1 Å². The summed E-state index contributed by atoms with van der Waals surface area (Å²) in [5.41, 5.74) is 2.98. The fourth-order valence-corrected chi connectivity index (χ4v) is 6.30. The molecule has 2 heterocycles. The number of carbonyl (C=O) groups is 3. The van der Waals surface area contributed by atoms with E-state index in [4.69, 9.17) is 14.2 Å². The highest BCUT2D eigenvalue weighted by Gasteiger charge is 2.50. The number of benzene rings is 1. The third-order valence-corrected chi connectivity index (χ3v) is 7.88. The van der Waals surface area contributed by atoms with Crippen molar-refractivity contribution in [3.63, 3.8) is 0 Å². The van der Waals surface area contributed by atoms with Gasteiger partial charge < -0.3 is 19.5 Å². The summed E-state index contributed by atoms with van der Waals surface area (Å²) in [7, 11) is 0. The molecule has 8 heteroatoms. The Morgan fingerprint density at radius 3 is 2.42 bits per heavy atom. The Morgan fingerprint density at radius 2 is 1.76 bits per heavy atom. The zero-order valence-corrected chi connectivity index (χ0v) is 23.2. The largest absolute Gasteiger partial charge is 0.494 e. The van der Waals surface area contributed by atoms with E-state index in [0.29, 0.717) is 41.9 Å². The zero-order chi connectivity index (χ0) is 27.2. The van der Waals surface area contributed by atoms with Crippen LogP contribution in [-0.4, -0.2) is 37.5 Å². The average molecular weight is 538 g/mol. The molecular weight excluding hydrogens is 502 g/mol. The third-order valence-electron chi connectivity index (χ3n) is 6.88. The molecule has 0 radical (unpaired) electrons. The lowest BCUT2D eigenvalue weighted by Gasteiger charge is -2.40. The molecule has 0 unspecified atom stereocenters. The van der Waals surface area contributed by atoms with Gasteiger partial charge in [-0.3, -0.25) is 9.59 Å². The standard InChI is InChI=1S/C30H35NO6S/c1-5-12-20-27(30(34)37-8-4)24(18-13-9-10-14-22(18)35-6-2)26-21(31-20)17-19(23-15-11-16-38-23)25(28(26)32)29(33)36-7-3/h9-11,13-16,19,24-25,31H,5-8,12,17H2,1-4H3/t19-,24+,25+/m0/s1. The van der Waals surface area contributed by atoms with Crippen LogP contribution in [0.25, 0.3) is 0 Å². The number of Topliss-reactive ketones (excluding diaryl/α,β-unsaturated/α-hetero) is 1. The number of hydrogen-bond acceptors (Lipinski definition) is 8. The number of ether oxygens (including phenoxy) is 3. The van der Waals surface area contributed by atoms with E-state index in [1.54, 1.807) is 13.8 Å². The first-order valence-electron chi connectivity index (χ1n) is 13.3. The summed E-state index contributed by atoms with van der Waals surface area (Å²) in [6.45, 7) is 8.23. The minimum atomic E-state index is -1.01. The van der Waals surface area contributed by atoms with Gasteiger partial charge in [0.2, 0.25) is 0 Å². The van der Waals surface area contributed by atoms with Crippen molar-refractivity contribution in [2.45, 2.75) is 58.8 Å². The Balaban J connectivity index is 1.96. The second kappa shape index (κ2) is 12.4. The van der Waals surface area contributed by atoms with E-state index >= 15 is 0 Å². The monoisotopic (exact) mass is 537 g/mol. The van der Waals surface area contributed by atoms with E-state index in [9.17, 15) is 14.4 Å². The van der Waals surface area contributed by atoms with E-state index in [0.717, 1.165) is 22.7 Å². The molecule has 2 aromatic rings. The van der Waals surface area contributed by atoms with Crippen molar-refractivity contribution in [2.24, 2.45) is 5.92 Å². The number of nitrogens with one attached hydrogen (secondary N) is 1. The fraction of sp³-hybridized carbons (Fsp3) is 0.433. The highest BCUT2D eigenvalue weighted by Crippen LogP contribution is 2.50. The number of rotatable bonds is 10. The second-order valence-electron chi connectivity index (χ2n) is 9.20. The van der Waals surface area contributed by atoms with Crippen molar-refractivity contribution in [2.75, 3.05) is 19.8 Å². The van der Waals surface area contributed by atoms with Crippen LogP contribution in [0.1, 0.15) is 69.2 Å². The maximum absolute atomic E-state index is 14.4. The number of ketones is 1. The molecule has 3 atom stereocenters. The molecule has 1 aromatic carbocycles. The first-order chi connectivity index (χ1) is 18.5. The lowest BCUT2D eigenvalue weighted by molar-refractivity contribution is -0.152. The number of para-hydroxylation sites is 1. The van der Waals surface area contributed by atoms with Crippen LogP contribution >= 0.6 is 11.3 Å². The highest BCUT2D eigenvalue weighted by atomic mass is 32.1. The average Bonchev–Trinajstić information content (AvgIpc) is 3.44. The Morgan fingerprint density at radius 1 is 1.00 bits per heavy atom. The van der Waals surface area contributed by atoms with E-state index in [1.165, 1.54) is 11.3 Å². The second-order valence-corrected chi connectivity index (χ2v) is 10.2. The maximum atomic E-state index is 14.4. The third kappa shape index (κ3) is 5.27. The maximum Gasteiger partial charge on any atom is 0.336 e. The molecular formula is C30H35NO6S. The topological polar surface area (TPSA) is 90.9 Å². The van der Waals surface area contributed by atoms with E-state index in [-0.39, 0.29) is 24.9 Å². The molecule has 0 fully saturated rings. The summed E-state index contributed by atoms with van der Waals surface area (Å²) in [5, 5.41) is 5.41. The lowest BCUT2D eigenvalue weighted by atomic mass is 9.68. The molecule has 1 aromatic heterocycles. The lowest BCUT2D eigenvalue weighted by Crippen LogP contribution is -2.43. The van der Waals surface area contributed by atoms with Gasteiger partial charge in [-0.15, -0.1) is 11.3 Å². The molecule has 1 aliphatic heterocycles. The highest BCUT2D eigenvalue weighted by molar-refractivity contribution is 7.10. The zero-order valence-electron chi connectivity index (χ0n) is 22.4. The summed E-state index contributed by atoms with van der Waals surface area (Å²) >= 11 is 1.52. The van der Waals surface area contributed by atoms with Gasteiger partial charge in [-0.25, -0.2) is 4.79 Å². The predicted molar refractivity (Wildman–Crippen MR) is 146 cm³/mol. The summed E-state index contributed by atoms with van der Waals surface area (Å²) in [6, 6.07) is 11.3. The van der Waals surface area contributed by atoms with Crippen LogP contribution < -0.4 is 10.1 Å². The number of dihydropyridines is 1.